The maximum absolute atomic E-state index is 5.47. The third kappa shape index (κ3) is 3.03. The van der Waals surface area contributed by atoms with Crippen LogP contribution in [0.2, 0.25) is 0 Å². The molecule has 2 aliphatic carbocycles. The van der Waals surface area contributed by atoms with Crippen LogP contribution in [0.4, 0.5) is 0 Å². The van der Waals surface area contributed by atoms with Crippen molar-refractivity contribution in [1.29, 1.82) is 0 Å². The summed E-state index contributed by atoms with van der Waals surface area (Å²) < 4.78 is 7.83. The summed E-state index contributed by atoms with van der Waals surface area (Å²) >= 11 is 1.67. The molecule has 2 aromatic rings. The molecular formula is C16H23N5OS. The smallest absolute Gasteiger partial charge is 0.239 e. The van der Waals surface area contributed by atoms with Crippen LogP contribution < -0.4 is 0 Å². The lowest BCUT2D eigenvalue weighted by molar-refractivity contribution is 0.364. The molecule has 2 heterocycles. The second kappa shape index (κ2) is 5.33. The number of aromatic nitrogens is 5. The summed E-state index contributed by atoms with van der Waals surface area (Å²) in [4.78, 5) is 4.57. The second-order valence-corrected chi connectivity index (χ2v) is 8.99. The van der Waals surface area contributed by atoms with Gasteiger partial charge in [0, 0.05) is 17.4 Å². The largest absolute Gasteiger partial charge is 0.338 e. The Morgan fingerprint density at radius 3 is 2.48 bits per heavy atom. The van der Waals surface area contributed by atoms with Gasteiger partial charge in [0.25, 0.3) is 0 Å². The number of rotatable bonds is 5. The maximum Gasteiger partial charge on any atom is 0.239 e. The highest BCUT2D eigenvalue weighted by Crippen LogP contribution is 2.47. The monoisotopic (exact) mass is 333 g/mol. The molecule has 0 saturated heterocycles. The molecule has 23 heavy (non-hydrogen) atoms. The van der Waals surface area contributed by atoms with E-state index in [9.17, 15) is 0 Å². The first kappa shape index (κ1) is 15.2. The van der Waals surface area contributed by atoms with E-state index in [4.69, 9.17) is 4.52 Å². The lowest BCUT2D eigenvalue weighted by Crippen LogP contribution is -2.13. The van der Waals surface area contributed by atoms with Crippen LogP contribution >= 0.6 is 11.8 Å². The van der Waals surface area contributed by atoms with E-state index in [1.165, 1.54) is 31.5 Å². The first-order valence-corrected chi connectivity index (χ1v) is 9.27. The van der Waals surface area contributed by atoms with Crippen molar-refractivity contribution in [2.75, 3.05) is 0 Å². The van der Waals surface area contributed by atoms with Gasteiger partial charge in [0.05, 0.1) is 5.25 Å². The van der Waals surface area contributed by atoms with Gasteiger partial charge >= 0.3 is 0 Å². The van der Waals surface area contributed by atoms with Crippen LogP contribution in [0.15, 0.2) is 9.68 Å². The highest BCUT2D eigenvalue weighted by Gasteiger charge is 2.37. The molecule has 0 N–H and O–H groups in total. The van der Waals surface area contributed by atoms with Gasteiger partial charge in [-0.1, -0.05) is 37.7 Å². The highest BCUT2D eigenvalue weighted by atomic mass is 32.2. The second-order valence-electron chi connectivity index (χ2n) is 7.68. The van der Waals surface area contributed by atoms with Crippen LogP contribution in [0.1, 0.15) is 88.1 Å². The van der Waals surface area contributed by atoms with Crippen LogP contribution in [0, 0.1) is 0 Å². The maximum atomic E-state index is 5.47. The lowest BCUT2D eigenvalue weighted by atomic mass is 9.96. The quantitative estimate of drug-likeness (QED) is 0.770. The van der Waals surface area contributed by atoms with Crippen molar-refractivity contribution in [2.45, 2.75) is 81.2 Å². The SMILES string of the molecule is CC(Sc1nnc(C2CC2)n1C1CC1)c1nc(C(C)(C)C)no1. The van der Waals surface area contributed by atoms with Crippen molar-refractivity contribution in [3.05, 3.63) is 17.5 Å². The molecular weight excluding hydrogens is 310 g/mol. The van der Waals surface area contributed by atoms with Crippen LogP contribution in [0.5, 0.6) is 0 Å². The zero-order valence-electron chi connectivity index (χ0n) is 14.1. The summed E-state index contributed by atoms with van der Waals surface area (Å²) in [6.07, 6.45) is 5.00. The van der Waals surface area contributed by atoms with Crippen molar-refractivity contribution in [3.63, 3.8) is 0 Å². The molecule has 2 saturated carbocycles. The molecule has 124 valence electrons. The molecule has 0 radical (unpaired) electrons. The van der Waals surface area contributed by atoms with E-state index >= 15 is 0 Å². The molecule has 2 fully saturated rings. The van der Waals surface area contributed by atoms with Gasteiger partial charge in [-0.05, 0) is 32.6 Å². The van der Waals surface area contributed by atoms with Crippen LogP contribution in [-0.2, 0) is 5.41 Å². The fourth-order valence-electron chi connectivity index (χ4n) is 2.58. The minimum Gasteiger partial charge on any atom is -0.338 e. The van der Waals surface area contributed by atoms with Gasteiger partial charge in [-0.15, -0.1) is 10.2 Å². The molecule has 4 rings (SSSR count). The van der Waals surface area contributed by atoms with Crippen LogP contribution in [0.25, 0.3) is 0 Å². The van der Waals surface area contributed by atoms with E-state index in [1.54, 1.807) is 11.8 Å². The molecule has 0 spiro atoms. The molecule has 1 unspecified atom stereocenters. The van der Waals surface area contributed by atoms with Gasteiger partial charge in [0.2, 0.25) is 5.89 Å². The van der Waals surface area contributed by atoms with Gasteiger partial charge in [0.15, 0.2) is 11.0 Å². The zero-order chi connectivity index (χ0) is 16.2. The molecule has 1 atom stereocenters. The molecule has 0 amide bonds. The summed E-state index contributed by atoms with van der Waals surface area (Å²) in [5, 5.41) is 14.1. The van der Waals surface area contributed by atoms with Gasteiger partial charge in [-0.25, -0.2) is 0 Å². The van der Waals surface area contributed by atoms with E-state index in [0.29, 0.717) is 17.9 Å². The van der Waals surface area contributed by atoms with Crippen molar-refractivity contribution >= 4 is 11.8 Å². The van der Waals surface area contributed by atoms with E-state index < -0.39 is 0 Å². The molecule has 0 aliphatic heterocycles. The summed E-state index contributed by atoms with van der Waals surface area (Å²) in [7, 11) is 0. The van der Waals surface area contributed by atoms with Gasteiger partial charge < -0.3 is 9.09 Å². The standard InChI is InChI=1S/C16H23N5OS/c1-9(13-17-14(20-22-13)16(2,3)4)23-15-19-18-12(10-5-6-10)21(15)11-7-8-11/h9-11H,5-8H2,1-4H3. The number of thioether (sulfide) groups is 1. The Kier molecular flexibility index (Phi) is 3.51. The fourth-order valence-corrected chi connectivity index (χ4v) is 3.53. The Balaban J connectivity index is 1.55. The summed E-state index contributed by atoms with van der Waals surface area (Å²) in [6.45, 7) is 8.36. The van der Waals surface area contributed by atoms with E-state index in [0.717, 1.165) is 11.0 Å². The van der Waals surface area contributed by atoms with Crippen LogP contribution in [-0.4, -0.2) is 24.9 Å². The van der Waals surface area contributed by atoms with Crippen molar-refractivity contribution < 1.29 is 4.52 Å². The lowest BCUT2D eigenvalue weighted by Gasteiger charge is -2.11. The molecule has 2 aliphatic rings. The van der Waals surface area contributed by atoms with Crippen molar-refractivity contribution in [2.24, 2.45) is 0 Å². The normalized spacial score (nSPS) is 20.0. The molecule has 7 heteroatoms. The van der Waals surface area contributed by atoms with Crippen LogP contribution in [0.3, 0.4) is 0 Å². The third-order valence-electron chi connectivity index (χ3n) is 4.29. The Bertz CT molecular complexity index is 708. The third-order valence-corrected chi connectivity index (χ3v) is 5.33. The predicted octanol–water partition coefficient (Wildman–Crippen LogP) is 4.02. The van der Waals surface area contributed by atoms with Crippen molar-refractivity contribution in [3.8, 4) is 0 Å². The first-order valence-electron chi connectivity index (χ1n) is 8.39. The minimum atomic E-state index is -0.0979. The Morgan fingerprint density at radius 1 is 1.17 bits per heavy atom. The van der Waals surface area contributed by atoms with E-state index in [-0.39, 0.29) is 10.7 Å². The Labute approximate surface area is 140 Å². The fraction of sp³-hybridized carbons (Fsp3) is 0.750. The summed E-state index contributed by atoms with van der Waals surface area (Å²) in [6, 6.07) is 0.600. The number of hydrogen-bond acceptors (Lipinski definition) is 6. The zero-order valence-corrected chi connectivity index (χ0v) is 14.9. The van der Waals surface area contributed by atoms with Gasteiger partial charge in [0.1, 0.15) is 5.82 Å². The number of hydrogen-bond donors (Lipinski definition) is 0. The molecule has 2 aromatic heterocycles. The molecule has 6 nitrogen and oxygen atoms in total. The number of nitrogens with zero attached hydrogens (tertiary/aromatic N) is 5. The summed E-state index contributed by atoms with van der Waals surface area (Å²) in [5.41, 5.74) is -0.0979. The van der Waals surface area contributed by atoms with Crippen molar-refractivity contribution in [1.82, 2.24) is 24.9 Å². The average Bonchev–Trinajstić information content (AvgIpc) is 3.40. The molecule has 0 aromatic carbocycles. The minimum absolute atomic E-state index is 0.0763. The first-order chi connectivity index (χ1) is 10.9. The highest BCUT2D eigenvalue weighted by molar-refractivity contribution is 7.99. The predicted molar refractivity (Wildman–Crippen MR) is 87.5 cm³/mol. The topological polar surface area (TPSA) is 69.6 Å². The average molecular weight is 333 g/mol. The van der Waals surface area contributed by atoms with E-state index in [2.05, 4.69) is 52.6 Å². The van der Waals surface area contributed by atoms with E-state index in [1.807, 2.05) is 0 Å². The Hall–Kier alpha value is -1.37. The Morgan fingerprint density at radius 2 is 1.91 bits per heavy atom. The summed E-state index contributed by atoms with van der Waals surface area (Å²) in [5.74, 6) is 3.23. The van der Waals surface area contributed by atoms with Gasteiger partial charge in [-0.3, -0.25) is 0 Å². The molecule has 0 bridgehead atoms. The van der Waals surface area contributed by atoms with Gasteiger partial charge in [-0.2, -0.15) is 4.98 Å².